The summed E-state index contributed by atoms with van der Waals surface area (Å²) >= 11 is 0. The van der Waals surface area contributed by atoms with Crippen LogP contribution in [0.2, 0.25) is 0 Å². The molecular weight excluding hydrogens is 192 g/mol. The van der Waals surface area contributed by atoms with E-state index in [1.165, 1.54) is 0 Å². The van der Waals surface area contributed by atoms with Crippen LogP contribution in [0.3, 0.4) is 0 Å². The van der Waals surface area contributed by atoms with E-state index in [0.717, 1.165) is 18.7 Å². The molecule has 1 aliphatic rings. The number of nitrogens with one attached hydrogen (secondary N) is 1. The maximum absolute atomic E-state index is 11.8. The summed E-state index contributed by atoms with van der Waals surface area (Å²) in [5.74, 6) is 0.171. The Labute approximate surface area is 89.1 Å². The van der Waals surface area contributed by atoms with Crippen LogP contribution in [0.15, 0.2) is 12.4 Å². The van der Waals surface area contributed by atoms with Crippen molar-refractivity contribution in [1.29, 1.82) is 0 Å². The molecule has 1 amide bonds. The lowest BCUT2D eigenvalue weighted by atomic mass is 10.2. The predicted molar refractivity (Wildman–Crippen MR) is 56.1 cm³/mol. The van der Waals surface area contributed by atoms with Crippen molar-refractivity contribution in [3.8, 4) is 0 Å². The molecule has 1 aliphatic heterocycles. The van der Waals surface area contributed by atoms with Crippen LogP contribution in [-0.2, 0) is 18.4 Å². The Morgan fingerprint density at radius 3 is 3.13 bits per heavy atom. The van der Waals surface area contributed by atoms with Crippen molar-refractivity contribution in [1.82, 2.24) is 20.0 Å². The highest BCUT2D eigenvalue weighted by Crippen LogP contribution is 2.07. The highest BCUT2D eigenvalue weighted by atomic mass is 16.2. The monoisotopic (exact) mass is 208 g/mol. The number of aryl methyl sites for hydroxylation is 1. The molecule has 0 aliphatic carbocycles. The van der Waals surface area contributed by atoms with Gasteiger partial charge in [0.05, 0.1) is 12.2 Å². The minimum atomic E-state index is -0.0598. The Morgan fingerprint density at radius 2 is 2.47 bits per heavy atom. The Bertz CT molecular complexity index is 360. The number of hydrogen-bond donors (Lipinski definition) is 1. The molecule has 1 aromatic heterocycles. The lowest BCUT2D eigenvalue weighted by molar-refractivity contribution is -0.135. The summed E-state index contributed by atoms with van der Waals surface area (Å²) in [4.78, 5) is 13.6. The van der Waals surface area contributed by atoms with E-state index in [2.05, 4.69) is 10.4 Å². The first-order valence-corrected chi connectivity index (χ1v) is 5.16. The molecule has 1 saturated heterocycles. The van der Waals surface area contributed by atoms with Gasteiger partial charge < -0.3 is 10.2 Å². The van der Waals surface area contributed by atoms with Gasteiger partial charge in [0.2, 0.25) is 5.91 Å². The Kier molecular flexibility index (Phi) is 2.73. The minimum Gasteiger partial charge on any atom is -0.336 e. The number of aromatic nitrogens is 2. The van der Waals surface area contributed by atoms with E-state index in [1.54, 1.807) is 10.9 Å². The van der Waals surface area contributed by atoms with Crippen molar-refractivity contribution in [2.75, 3.05) is 13.1 Å². The number of carbonyl (C=O) groups excluding carboxylic acids is 1. The first-order chi connectivity index (χ1) is 7.16. The predicted octanol–water partition coefficient (Wildman–Crippen LogP) is -0.260. The van der Waals surface area contributed by atoms with Crippen LogP contribution in [0, 0.1) is 0 Å². The van der Waals surface area contributed by atoms with Crippen LogP contribution in [0.1, 0.15) is 12.5 Å². The molecule has 0 bridgehead atoms. The van der Waals surface area contributed by atoms with E-state index in [4.69, 9.17) is 0 Å². The van der Waals surface area contributed by atoms with Gasteiger partial charge in [-0.1, -0.05) is 0 Å². The summed E-state index contributed by atoms with van der Waals surface area (Å²) in [6, 6.07) is -0.0598. The summed E-state index contributed by atoms with van der Waals surface area (Å²) in [5.41, 5.74) is 1.08. The zero-order valence-electron chi connectivity index (χ0n) is 9.10. The molecule has 1 unspecified atom stereocenters. The fourth-order valence-corrected chi connectivity index (χ4v) is 1.82. The molecule has 1 fully saturated rings. The first-order valence-electron chi connectivity index (χ1n) is 5.16. The molecule has 1 aromatic rings. The van der Waals surface area contributed by atoms with Gasteiger partial charge in [-0.2, -0.15) is 5.10 Å². The zero-order valence-corrected chi connectivity index (χ0v) is 9.10. The highest BCUT2D eigenvalue weighted by Gasteiger charge is 2.24. The molecule has 15 heavy (non-hydrogen) atoms. The van der Waals surface area contributed by atoms with Crippen LogP contribution in [0.4, 0.5) is 0 Å². The summed E-state index contributed by atoms with van der Waals surface area (Å²) in [5, 5.41) is 7.23. The molecule has 0 saturated carbocycles. The fourth-order valence-electron chi connectivity index (χ4n) is 1.82. The molecule has 2 heterocycles. The number of rotatable bonds is 2. The van der Waals surface area contributed by atoms with E-state index in [9.17, 15) is 4.79 Å². The summed E-state index contributed by atoms with van der Waals surface area (Å²) in [6.07, 6.45) is 3.75. The lowest BCUT2D eigenvalue weighted by Crippen LogP contribution is -2.53. The van der Waals surface area contributed by atoms with Gasteiger partial charge in [0.15, 0.2) is 0 Å². The van der Waals surface area contributed by atoms with Crippen LogP contribution >= 0.6 is 0 Å². The van der Waals surface area contributed by atoms with Crippen molar-refractivity contribution >= 4 is 5.91 Å². The summed E-state index contributed by atoms with van der Waals surface area (Å²) in [6.45, 7) is 4.21. The molecule has 82 valence electrons. The largest absolute Gasteiger partial charge is 0.336 e. The molecule has 0 spiro atoms. The second kappa shape index (κ2) is 4.02. The van der Waals surface area contributed by atoms with Crippen molar-refractivity contribution in [2.45, 2.75) is 19.5 Å². The summed E-state index contributed by atoms with van der Waals surface area (Å²) < 4.78 is 1.76. The molecule has 1 N–H and O–H groups in total. The topological polar surface area (TPSA) is 50.2 Å². The lowest BCUT2D eigenvalue weighted by Gasteiger charge is -2.31. The number of amides is 1. The third kappa shape index (κ3) is 2.18. The Hall–Kier alpha value is -1.36. The average molecular weight is 208 g/mol. The molecule has 1 atom stereocenters. The maximum atomic E-state index is 11.8. The van der Waals surface area contributed by atoms with E-state index in [1.807, 2.05) is 25.1 Å². The second-order valence-corrected chi connectivity index (χ2v) is 3.96. The van der Waals surface area contributed by atoms with Gasteiger partial charge in [-0.25, -0.2) is 0 Å². The third-order valence-electron chi connectivity index (χ3n) is 2.65. The third-order valence-corrected chi connectivity index (χ3v) is 2.65. The number of piperazine rings is 1. The zero-order chi connectivity index (χ0) is 10.8. The van der Waals surface area contributed by atoms with Crippen molar-refractivity contribution in [3.05, 3.63) is 18.0 Å². The van der Waals surface area contributed by atoms with E-state index in [0.29, 0.717) is 6.54 Å². The maximum Gasteiger partial charge on any atom is 0.239 e. The Balaban J connectivity index is 2.02. The standard InChI is InChI=1S/C10H16N4O/c1-8-10(15)14(4-3-11-8)7-9-5-12-13(2)6-9/h5-6,8,11H,3-4,7H2,1-2H3. The quantitative estimate of drug-likeness (QED) is 0.728. The molecular formula is C10H16N4O. The second-order valence-electron chi connectivity index (χ2n) is 3.96. The van der Waals surface area contributed by atoms with Gasteiger partial charge in [0.1, 0.15) is 0 Å². The molecule has 5 nitrogen and oxygen atoms in total. The van der Waals surface area contributed by atoms with Gasteiger partial charge >= 0.3 is 0 Å². The SMILES string of the molecule is CC1NCCN(Cc2cnn(C)c2)C1=O. The van der Waals surface area contributed by atoms with Gasteiger partial charge in [0.25, 0.3) is 0 Å². The minimum absolute atomic E-state index is 0.0598. The van der Waals surface area contributed by atoms with Crippen molar-refractivity contribution in [2.24, 2.45) is 7.05 Å². The van der Waals surface area contributed by atoms with E-state index in [-0.39, 0.29) is 11.9 Å². The van der Waals surface area contributed by atoms with Crippen LogP contribution in [0.5, 0.6) is 0 Å². The Morgan fingerprint density at radius 1 is 1.67 bits per heavy atom. The molecule has 5 heteroatoms. The van der Waals surface area contributed by atoms with Gasteiger partial charge in [-0.3, -0.25) is 9.48 Å². The molecule has 2 rings (SSSR count). The van der Waals surface area contributed by atoms with Crippen LogP contribution in [0.25, 0.3) is 0 Å². The van der Waals surface area contributed by atoms with Gasteiger partial charge in [-0.15, -0.1) is 0 Å². The van der Waals surface area contributed by atoms with Crippen LogP contribution < -0.4 is 5.32 Å². The fraction of sp³-hybridized carbons (Fsp3) is 0.600. The smallest absolute Gasteiger partial charge is 0.239 e. The highest BCUT2D eigenvalue weighted by molar-refractivity contribution is 5.82. The van der Waals surface area contributed by atoms with E-state index >= 15 is 0 Å². The van der Waals surface area contributed by atoms with E-state index < -0.39 is 0 Å². The summed E-state index contributed by atoms with van der Waals surface area (Å²) in [7, 11) is 1.88. The number of nitrogens with zero attached hydrogens (tertiary/aromatic N) is 3. The average Bonchev–Trinajstić information content (AvgIpc) is 2.59. The van der Waals surface area contributed by atoms with Crippen molar-refractivity contribution < 1.29 is 4.79 Å². The normalized spacial score (nSPS) is 22.1. The van der Waals surface area contributed by atoms with Crippen LogP contribution in [-0.4, -0.2) is 39.7 Å². The van der Waals surface area contributed by atoms with Gasteiger partial charge in [-0.05, 0) is 6.92 Å². The number of carbonyl (C=O) groups is 1. The van der Waals surface area contributed by atoms with Crippen molar-refractivity contribution in [3.63, 3.8) is 0 Å². The molecule has 0 aromatic carbocycles. The first kappa shape index (κ1) is 10.2. The van der Waals surface area contributed by atoms with Gasteiger partial charge in [0, 0.05) is 38.4 Å². The molecule has 0 radical (unpaired) electrons. The number of hydrogen-bond acceptors (Lipinski definition) is 3.